The number of methoxy groups -OCH3 is 1. The van der Waals surface area contributed by atoms with Crippen molar-refractivity contribution < 1.29 is 9.47 Å². The molecule has 1 fully saturated rings. The van der Waals surface area contributed by atoms with E-state index in [1.165, 1.54) is 19.3 Å². The highest BCUT2D eigenvalue weighted by Crippen LogP contribution is 2.32. The number of rotatable bonds is 5. The molecule has 1 aliphatic rings. The van der Waals surface area contributed by atoms with Gasteiger partial charge in [-0.05, 0) is 37.3 Å². The quantitative estimate of drug-likeness (QED) is 0.841. The summed E-state index contributed by atoms with van der Waals surface area (Å²) in [6.45, 7) is 2.25. The summed E-state index contributed by atoms with van der Waals surface area (Å²) >= 11 is 5.10. The van der Waals surface area contributed by atoms with Gasteiger partial charge in [0.05, 0.1) is 18.8 Å². The highest BCUT2D eigenvalue weighted by molar-refractivity contribution is 7.80. The molecule has 0 radical (unpaired) electrons. The van der Waals surface area contributed by atoms with Gasteiger partial charge < -0.3 is 15.2 Å². The zero-order valence-corrected chi connectivity index (χ0v) is 13.0. The Morgan fingerprint density at radius 1 is 1.40 bits per heavy atom. The lowest BCUT2D eigenvalue weighted by Crippen LogP contribution is -2.26. The van der Waals surface area contributed by atoms with Crippen LogP contribution >= 0.6 is 12.2 Å². The summed E-state index contributed by atoms with van der Waals surface area (Å²) < 4.78 is 11.4. The Labute approximate surface area is 126 Å². The SMILES string of the molecule is CCC1CCCC(Oc2cc(OC)ccc2C(N)=S)C1. The van der Waals surface area contributed by atoms with Gasteiger partial charge in [-0.2, -0.15) is 0 Å². The van der Waals surface area contributed by atoms with E-state index in [9.17, 15) is 0 Å². The topological polar surface area (TPSA) is 44.5 Å². The summed E-state index contributed by atoms with van der Waals surface area (Å²) in [6.07, 6.45) is 6.25. The van der Waals surface area contributed by atoms with Crippen LogP contribution < -0.4 is 15.2 Å². The molecule has 2 atom stereocenters. The molecule has 0 saturated heterocycles. The molecule has 2 rings (SSSR count). The maximum Gasteiger partial charge on any atom is 0.133 e. The molecular formula is C16H23NO2S. The van der Waals surface area contributed by atoms with E-state index >= 15 is 0 Å². The Hall–Kier alpha value is -1.29. The minimum Gasteiger partial charge on any atom is -0.497 e. The largest absolute Gasteiger partial charge is 0.497 e. The second kappa shape index (κ2) is 6.93. The second-order valence-corrected chi connectivity index (χ2v) is 5.85. The third-order valence-electron chi connectivity index (χ3n) is 4.06. The van der Waals surface area contributed by atoms with Gasteiger partial charge in [-0.3, -0.25) is 0 Å². The third-order valence-corrected chi connectivity index (χ3v) is 4.28. The molecule has 0 aromatic heterocycles. The van der Waals surface area contributed by atoms with Crippen LogP contribution in [0.3, 0.4) is 0 Å². The standard InChI is InChI=1S/C16H23NO2S/c1-3-11-5-4-6-13(9-11)19-15-10-12(18-2)7-8-14(15)16(17)20/h7-8,10-11,13H,3-6,9H2,1-2H3,(H2,17,20). The highest BCUT2D eigenvalue weighted by atomic mass is 32.1. The number of benzene rings is 1. The predicted molar refractivity (Wildman–Crippen MR) is 85.5 cm³/mol. The van der Waals surface area contributed by atoms with Gasteiger partial charge in [0.1, 0.15) is 16.5 Å². The van der Waals surface area contributed by atoms with Crippen LogP contribution in [0.2, 0.25) is 0 Å². The lowest BCUT2D eigenvalue weighted by Gasteiger charge is -2.29. The summed E-state index contributed by atoms with van der Waals surface area (Å²) in [6, 6.07) is 5.61. The fraction of sp³-hybridized carbons (Fsp3) is 0.562. The minimum atomic E-state index is 0.258. The van der Waals surface area contributed by atoms with Crippen molar-refractivity contribution in [3.05, 3.63) is 23.8 Å². The Balaban J connectivity index is 2.16. The Morgan fingerprint density at radius 2 is 2.20 bits per heavy atom. The minimum absolute atomic E-state index is 0.258. The lowest BCUT2D eigenvalue weighted by molar-refractivity contribution is 0.121. The number of thiocarbonyl (C=S) groups is 1. The second-order valence-electron chi connectivity index (χ2n) is 5.41. The number of hydrogen-bond donors (Lipinski definition) is 1. The molecule has 2 unspecified atom stereocenters. The summed E-state index contributed by atoms with van der Waals surface area (Å²) in [5, 5.41) is 0. The van der Waals surface area contributed by atoms with E-state index in [4.69, 9.17) is 27.4 Å². The van der Waals surface area contributed by atoms with E-state index in [0.717, 1.165) is 35.8 Å². The molecule has 4 heteroatoms. The highest BCUT2D eigenvalue weighted by Gasteiger charge is 2.23. The normalized spacial score (nSPS) is 22.3. The first-order valence-electron chi connectivity index (χ1n) is 7.28. The van der Waals surface area contributed by atoms with Crippen LogP contribution in [0.5, 0.6) is 11.5 Å². The van der Waals surface area contributed by atoms with Gasteiger partial charge in [-0.25, -0.2) is 0 Å². The molecule has 0 heterocycles. The fourth-order valence-corrected chi connectivity index (χ4v) is 3.00. The van der Waals surface area contributed by atoms with Crippen molar-refractivity contribution in [1.82, 2.24) is 0 Å². The van der Waals surface area contributed by atoms with Crippen LogP contribution in [0.15, 0.2) is 18.2 Å². The van der Waals surface area contributed by atoms with E-state index < -0.39 is 0 Å². The molecule has 2 N–H and O–H groups in total. The van der Waals surface area contributed by atoms with Gasteiger partial charge in [0, 0.05) is 6.07 Å². The van der Waals surface area contributed by atoms with Gasteiger partial charge in [0.15, 0.2) is 0 Å². The molecule has 1 saturated carbocycles. The zero-order chi connectivity index (χ0) is 14.5. The summed E-state index contributed by atoms with van der Waals surface area (Å²) in [5.74, 6) is 2.29. The van der Waals surface area contributed by atoms with Crippen LogP contribution in [0.4, 0.5) is 0 Å². The van der Waals surface area contributed by atoms with Crippen molar-refractivity contribution in [2.24, 2.45) is 11.7 Å². The van der Waals surface area contributed by atoms with Gasteiger partial charge in [0.2, 0.25) is 0 Å². The van der Waals surface area contributed by atoms with Crippen molar-refractivity contribution in [1.29, 1.82) is 0 Å². The van der Waals surface area contributed by atoms with Crippen molar-refractivity contribution in [2.75, 3.05) is 7.11 Å². The first kappa shape index (κ1) is 15.1. The van der Waals surface area contributed by atoms with E-state index in [1.807, 2.05) is 18.2 Å². The van der Waals surface area contributed by atoms with Crippen molar-refractivity contribution in [3.63, 3.8) is 0 Å². The van der Waals surface area contributed by atoms with Crippen molar-refractivity contribution in [2.45, 2.75) is 45.1 Å². The van der Waals surface area contributed by atoms with E-state index in [-0.39, 0.29) is 6.10 Å². The smallest absolute Gasteiger partial charge is 0.133 e. The molecule has 0 aliphatic heterocycles. The molecule has 3 nitrogen and oxygen atoms in total. The third kappa shape index (κ3) is 3.63. The number of nitrogens with two attached hydrogens (primary N) is 1. The zero-order valence-electron chi connectivity index (χ0n) is 12.2. The van der Waals surface area contributed by atoms with Crippen LogP contribution in [0, 0.1) is 5.92 Å². The molecular weight excluding hydrogens is 270 g/mol. The summed E-state index contributed by atoms with van der Waals surface area (Å²) in [4.78, 5) is 0.366. The van der Waals surface area contributed by atoms with Crippen LogP contribution in [-0.2, 0) is 0 Å². The first-order chi connectivity index (χ1) is 9.63. The van der Waals surface area contributed by atoms with Gasteiger partial charge in [0.25, 0.3) is 0 Å². The molecule has 110 valence electrons. The van der Waals surface area contributed by atoms with E-state index in [1.54, 1.807) is 7.11 Å². The van der Waals surface area contributed by atoms with Crippen molar-refractivity contribution in [3.8, 4) is 11.5 Å². The maximum absolute atomic E-state index is 6.17. The van der Waals surface area contributed by atoms with Gasteiger partial charge in [-0.15, -0.1) is 0 Å². The predicted octanol–water partition coefficient (Wildman–Crippen LogP) is 3.68. The van der Waals surface area contributed by atoms with Crippen LogP contribution in [0.1, 0.15) is 44.6 Å². The van der Waals surface area contributed by atoms with Gasteiger partial charge >= 0.3 is 0 Å². The first-order valence-corrected chi connectivity index (χ1v) is 7.69. The molecule has 20 heavy (non-hydrogen) atoms. The summed E-state index contributed by atoms with van der Waals surface area (Å²) in [5.41, 5.74) is 6.57. The Morgan fingerprint density at radius 3 is 2.85 bits per heavy atom. The molecule has 1 aromatic rings. The molecule has 0 spiro atoms. The molecule has 1 aromatic carbocycles. The van der Waals surface area contributed by atoms with Crippen LogP contribution in [-0.4, -0.2) is 18.2 Å². The van der Waals surface area contributed by atoms with E-state index in [0.29, 0.717) is 4.99 Å². The molecule has 0 amide bonds. The fourth-order valence-electron chi connectivity index (χ4n) is 2.83. The Bertz CT molecular complexity index is 476. The van der Waals surface area contributed by atoms with Gasteiger partial charge in [-0.1, -0.05) is 32.0 Å². The maximum atomic E-state index is 6.17. The average molecular weight is 293 g/mol. The Kier molecular flexibility index (Phi) is 5.24. The summed E-state index contributed by atoms with van der Waals surface area (Å²) in [7, 11) is 1.65. The monoisotopic (exact) mass is 293 g/mol. The van der Waals surface area contributed by atoms with Crippen LogP contribution in [0.25, 0.3) is 0 Å². The van der Waals surface area contributed by atoms with Crippen molar-refractivity contribution >= 4 is 17.2 Å². The lowest BCUT2D eigenvalue weighted by atomic mass is 9.85. The molecule has 1 aliphatic carbocycles. The average Bonchev–Trinajstić information content (AvgIpc) is 2.47. The molecule has 0 bridgehead atoms. The number of hydrogen-bond acceptors (Lipinski definition) is 3. The van der Waals surface area contributed by atoms with E-state index in [2.05, 4.69) is 6.92 Å². The number of ether oxygens (including phenoxy) is 2.